The molecule has 2 aromatic carbocycles. The van der Waals surface area contributed by atoms with Gasteiger partial charge in [-0.05, 0) is 38.1 Å². The van der Waals surface area contributed by atoms with E-state index in [1.807, 2.05) is 26.0 Å². The zero-order chi connectivity index (χ0) is 13.4. The smallest absolute Gasteiger partial charge is 0.127 e. The predicted octanol–water partition coefficient (Wildman–Crippen LogP) is 4.91. The molecule has 2 nitrogen and oxygen atoms in total. The van der Waals surface area contributed by atoms with E-state index in [1.54, 1.807) is 12.1 Å². The van der Waals surface area contributed by atoms with E-state index < -0.39 is 0 Å². The van der Waals surface area contributed by atoms with Gasteiger partial charge in [0.15, 0.2) is 0 Å². The lowest BCUT2D eigenvalue weighted by molar-refractivity contribution is 0.464. The maximum absolute atomic E-state index is 10.2. The fourth-order valence-corrected chi connectivity index (χ4v) is 2.43. The Balaban J connectivity index is 2.71. The summed E-state index contributed by atoms with van der Waals surface area (Å²) in [6, 6.07) is 7.30. The zero-order valence-corrected chi connectivity index (χ0v) is 13.1. The molecule has 2 aromatic rings. The fourth-order valence-electron chi connectivity index (χ4n) is 1.79. The molecule has 18 heavy (non-hydrogen) atoms. The third-order valence-electron chi connectivity index (χ3n) is 3.02. The monoisotopic (exact) mass is 370 g/mol. The van der Waals surface area contributed by atoms with Gasteiger partial charge in [0, 0.05) is 31.2 Å². The molecular weight excluding hydrogens is 360 g/mol. The van der Waals surface area contributed by atoms with Crippen molar-refractivity contribution in [3.05, 3.63) is 44.3 Å². The highest BCUT2D eigenvalue weighted by Crippen LogP contribution is 2.42. The molecule has 2 rings (SSSR count). The van der Waals surface area contributed by atoms with Gasteiger partial charge in [-0.25, -0.2) is 0 Å². The summed E-state index contributed by atoms with van der Waals surface area (Å²) in [4.78, 5) is 0. The summed E-state index contributed by atoms with van der Waals surface area (Å²) in [6.07, 6.45) is 0. The predicted molar refractivity (Wildman–Crippen MR) is 80.1 cm³/mol. The van der Waals surface area contributed by atoms with Gasteiger partial charge in [-0.15, -0.1) is 0 Å². The van der Waals surface area contributed by atoms with E-state index in [4.69, 9.17) is 0 Å². The molecular formula is C14H12Br2O2. The highest BCUT2D eigenvalue weighted by Gasteiger charge is 2.15. The lowest BCUT2D eigenvalue weighted by atomic mass is 9.99. The van der Waals surface area contributed by atoms with Gasteiger partial charge in [0.2, 0.25) is 0 Å². The van der Waals surface area contributed by atoms with Crippen LogP contribution in [0.1, 0.15) is 11.1 Å². The first-order chi connectivity index (χ1) is 8.43. The highest BCUT2D eigenvalue weighted by molar-refractivity contribution is 9.10. The van der Waals surface area contributed by atoms with Crippen LogP contribution in [-0.2, 0) is 0 Å². The minimum Gasteiger partial charge on any atom is -0.507 e. The quantitative estimate of drug-likeness (QED) is 0.747. The molecule has 0 spiro atoms. The van der Waals surface area contributed by atoms with E-state index in [-0.39, 0.29) is 11.5 Å². The van der Waals surface area contributed by atoms with Crippen molar-refractivity contribution in [2.45, 2.75) is 13.8 Å². The Kier molecular flexibility index (Phi) is 3.69. The molecule has 0 radical (unpaired) electrons. The largest absolute Gasteiger partial charge is 0.507 e. The summed E-state index contributed by atoms with van der Waals surface area (Å²) in [5.41, 5.74) is 2.77. The van der Waals surface area contributed by atoms with Crippen LogP contribution in [0.4, 0.5) is 0 Å². The summed E-state index contributed by atoms with van der Waals surface area (Å²) in [5, 5.41) is 20.3. The third-order valence-corrected chi connectivity index (χ3v) is 4.74. The number of phenols is 2. The topological polar surface area (TPSA) is 40.5 Å². The lowest BCUT2D eigenvalue weighted by Gasteiger charge is -2.12. The molecule has 0 aliphatic rings. The van der Waals surface area contributed by atoms with Gasteiger partial charge in [0.25, 0.3) is 0 Å². The Morgan fingerprint density at radius 2 is 1.06 bits per heavy atom. The van der Waals surface area contributed by atoms with Crippen molar-refractivity contribution in [3.8, 4) is 22.6 Å². The maximum atomic E-state index is 10.2. The molecule has 0 aromatic heterocycles. The van der Waals surface area contributed by atoms with Gasteiger partial charge in [-0.1, -0.05) is 31.9 Å². The average Bonchev–Trinajstić information content (AvgIpc) is 2.35. The number of benzene rings is 2. The minimum absolute atomic E-state index is 0.182. The van der Waals surface area contributed by atoms with Crippen LogP contribution in [-0.4, -0.2) is 10.2 Å². The van der Waals surface area contributed by atoms with E-state index in [0.29, 0.717) is 11.1 Å². The van der Waals surface area contributed by atoms with Gasteiger partial charge in [-0.3, -0.25) is 0 Å². The van der Waals surface area contributed by atoms with Gasteiger partial charge in [-0.2, -0.15) is 0 Å². The summed E-state index contributed by atoms with van der Waals surface area (Å²) < 4.78 is 1.69. The van der Waals surface area contributed by atoms with E-state index in [2.05, 4.69) is 31.9 Å². The normalized spacial score (nSPS) is 10.7. The molecule has 94 valence electrons. The van der Waals surface area contributed by atoms with E-state index in [9.17, 15) is 10.2 Å². The third kappa shape index (κ3) is 2.15. The van der Waals surface area contributed by atoms with Crippen molar-refractivity contribution in [3.63, 3.8) is 0 Å². The molecule has 0 unspecified atom stereocenters. The van der Waals surface area contributed by atoms with E-state index >= 15 is 0 Å². The first kappa shape index (κ1) is 13.4. The molecule has 0 heterocycles. The lowest BCUT2D eigenvalue weighted by Crippen LogP contribution is -1.87. The summed E-state index contributed by atoms with van der Waals surface area (Å²) in [6.45, 7) is 3.65. The maximum Gasteiger partial charge on any atom is 0.127 e. The van der Waals surface area contributed by atoms with Crippen molar-refractivity contribution >= 4 is 31.9 Å². The molecule has 2 N–H and O–H groups in total. The van der Waals surface area contributed by atoms with Crippen LogP contribution in [0.2, 0.25) is 0 Å². The Hall–Kier alpha value is -1.00. The van der Waals surface area contributed by atoms with Crippen LogP contribution < -0.4 is 0 Å². The van der Waals surface area contributed by atoms with Gasteiger partial charge in [0.05, 0.1) is 0 Å². The van der Waals surface area contributed by atoms with Crippen LogP contribution in [0.5, 0.6) is 11.5 Å². The number of hydrogen-bond acceptors (Lipinski definition) is 2. The SMILES string of the molecule is Cc1c(Br)ccc(-c2ccc(Br)c(C)c2O)c1O. The first-order valence-corrected chi connectivity index (χ1v) is 6.98. The van der Waals surface area contributed by atoms with Crippen molar-refractivity contribution in [2.24, 2.45) is 0 Å². The summed E-state index contributed by atoms with van der Waals surface area (Å²) >= 11 is 6.73. The van der Waals surface area contributed by atoms with Crippen LogP contribution in [0, 0.1) is 13.8 Å². The average molecular weight is 372 g/mol. The van der Waals surface area contributed by atoms with Crippen LogP contribution >= 0.6 is 31.9 Å². The molecule has 0 saturated heterocycles. The molecule has 0 bridgehead atoms. The number of aromatic hydroxyl groups is 2. The molecule has 0 atom stereocenters. The Morgan fingerprint density at radius 3 is 1.39 bits per heavy atom. The Morgan fingerprint density at radius 1 is 0.722 bits per heavy atom. The highest BCUT2D eigenvalue weighted by atomic mass is 79.9. The van der Waals surface area contributed by atoms with Gasteiger partial charge >= 0.3 is 0 Å². The van der Waals surface area contributed by atoms with Crippen molar-refractivity contribution in [1.82, 2.24) is 0 Å². The second kappa shape index (κ2) is 4.94. The molecule has 0 aliphatic carbocycles. The Labute approximate surface area is 123 Å². The summed E-state index contributed by atoms with van der Waals surface area (Å²) in [5.74, 6) is 0.364. The van der Waals surface area contributed by atoms with Crippen LogP contribution in [0.3, 0.4) is 0 Å². The number of rotatable bonds is 1. The van der Waals surface area contributed by atoms with Crippen molar-refractivity contribution in [1.29, 1.82) is 0 Å². The Bertz CT molecular complexity index is 566. The molecule has 4 heteroatoms. The second-order valence-electron chi connectivity index (χ2n) is 4.14. The number of phenolic OH excluding ortho intramolecular Hbond substituents is 2. The van der Waals surface area contributed by atoms with E-state index in [1.165, 1.54) is 0 Å². The molecule has 0 aliphatic heterocycles. The van der Waals surface area contributed by atoms with Crippen molar-refractivity contribution in [2.75, 3.05) is 0 Å². The molecule has 0 fully saturated rings. The number of hydrogen-bond donors (Lipinski definition) is 2. The van der Waals surface area contributed by atoms with Gasteiger partial charge < -0.3 is 10.2 Å². The van der Waals surface area contributed by atoms with Crippen LogP contribution in [0.15, 0.2) is 33.2 Å². The standard InChI is InChI=1S/C14H12Br2O2/c1-7-11(15)5-3-9(13(7)17)10-4-6-12(16)8(2)14(10)18/h3-6,17-18H,1-2H3. The van der Waals surface area contributed by atoms with E-state index in [0.717, 1.165) is 20.1 Å². The number of halogens is 2. The minimum atomic E-state index is 0.182. The van der Waals surface area contributed by atoms with Gasteiger partial charge in [0.1, 0.15) is 11.5 Å². The second-order valence-corrected chi connectivity index (χ2v) is 5.85. The first-order valence-electron chi connectivity index (χ1n) is 5.40. The molecule has 0 amide bonds. The summed E-state index contributed by atoms with van der Waals surface area (Å²) in [7, 11) is 0. The molecule has 0 saturated carbocycles. The fraction of sp³-hybridized carbons (Fsp3) is 0.143. The zero-order valence-electron chi connectivity index (χ0n) is 9.96. The van der Waals surface area contributed by atoms with Crippen molar-refractivity contribution < 1.29 is 10.2 Å². The van der Waals surface area contributed by atoms with Crippen LogP contribution in [0.25, 0.3) is 11.1 Å².